The smallest absolute Gasteiger partial charge is 0.196 e. The van der Waals surface area contributed by atoms with Crippen LogP contribution < -0.4 is 5.32 Å². The Labute approximate surface area is 111 Å². The minimum atomic E-state index is -0.459. The lowest BCUT2D eigenvalue weighted by Crippen LogP contribution is -2.25. The number of benzene rings is 2. The van der Waals surface area contributed by atoms with Gasteiger partial charge < -0.3 is 5.32 Å². The standard InChI is InChI=1S/C16H14FNO/c17-15-7-2-1-5-14(15)16(19)13-6-3-4-11-10-18-9-8-12(11)13/h1-7,18H,8-10H2. The lowest BCUT2D eigenvalue weighted by molar-refractivity contribution is 0.103. The third-order valence-electron chi connectivity index (χ3n) is 3.50. The third-order valence-corrected chi connectivity index (χ3v) is 3.50. The molecule has 1 aliphatic heterocycles. The predicted molar refractivity (Wildman–Crippen MR) is 71.7 cm³/mol. The highest BCUT2D eigenvalue weighted by Gasteiger charge is 2.20. The van der Waals surface area contributed by atoms with Crippen LogP contribution >= 0.6 is 0 Å². The van der Waals surface area contributed by atoms with Crippen LogP contribution in [0.5, 0.6) is 0 Å². The molecule has 1 N–H and O–H groups in total. The molecule has 2 aromatic rings. The molecule has 0 radical (unpaired) electrons. The predicted octanol–water partition coefficient (Wildman–Crippen LogP) is 2.70. The van der Waals surface area contributed by atoms with E-state index in [4.69, 9.17) is 0 Å². The van der Waals surface area contributed by atoms with Gasteiger partial charge >= 0.3 is 0 Å². The quantitative estimate of drug-likeness (QED) is 0.836. The van der Waals surface area contributed by atoms with Gasteiger partial charge in [-0.15, -0.1) is 0 Å². The Morgan fingerprint density at radius 3 is 2.68 bits per heavy atom. The van der Waals surface area contributed by atoms with Crippen LogP contribution in [0.15, 0.2) is 42.5 Å². The van der Waals surface area contributed by atoms with Crippen molar-refractivity contribution < 1.29 is 9.18 Å². The summed E-state index contributed by atoms with van der Waals surface area (Å²) in [5.74, 6) is -0.684. The zero-order chi connectivity index (χ0) is 13.2. The number of nitrogens with one attached hydrogen (secondary N) is 1. The first-order valence-electron chi connectivity index (χ1n) is 6.38. The van der Waals surface area contributed by atoms with Crippen molar-refractivity contribution in [2.24, 2.45) is 0 Å². The maximum absolute atomic E-state index is 13.7. The molecule has 3 rings (SSSR count). The molecular weight excluding hydrogens is 241 g/mol. The van der Waals surface area contributed by atoms with Crippen LogP contribution in [-0.2, 0) is 13.0 Å². The number of carbonyl (C=O) groups is 1. The molecule has 0 unspecified atom stereocenters. The van der Waals surface area contributed by atoms with E-state index in [2.05, 4.69) is 5.32 Å². The van der Waals surface area contributed by atoms with E-state index in [1.165, 1.54) is 12.1 Å². The number of carbonyl (C=O) groups excluding carboxylic acids is 1. The van der Waals surface area contributed by atoms with Crippen LogP contribution in [0.4, 0.5) is 4.39 Å². The van der Waals surface area contributed by atoms with Gasteiger partial charge in [-0.05, 0) is 36.2 Å². The average molecular weight is 255 g/mol. The summed E-state index contributed by atoms with van der Waals surface area (Å²) >= 11 is 0. The number of hydrogen-bond acceptors (Lipinski definition) is 2. The van der Waals surface area contributed by atoms with E-state index in [-0.39, 0.29) is 11.3 Å². The molecular formula is C16H14FNO. The van der Waals surface area contributed by atoms with Crippen molar-refractivity contribution in [3.63, 3.8) is 0 Å². The molecule has 19 heavy (non-hydrogen) atoms. The minimum absolute atomic E-state index is 0.148. The zero-order valence-corrected chi connectivity index (χ0v) is 10.4. The molecule has 0 saturated heterocycles. The van der Waals surface area contributed by atoms with Gasteiger partial charge in [0.05, 0.1) is 5.56 Å². The molecule has 1 aliphatic rings. The molecule has 2 aromatic carbocycles. The maximum atomic E-state index is 13.7. The van der Waals surface area contributed by atoms with Gasteiger partial charge in [-0.3, -0.25) is 4.79 Å². The summed E-state index contributed by atoms with van der Waals surface area (Å²) in [4.78, 5) is 12.5. The van der Waals surface area contributed by atoms with Crippen molar-refractivity contribution in [3.8, 4) is 0 Å². The van der Waals surface area contributed by atoms with Crippen LogP contribution in [0.1, 0.15) is 27.0 Å². The maximum Gasteiger partial charge on any atom is 0.196 e. The second-order valence-corrected chi connectivity index (χ2v) is 4.68. The highest BCUT2D eigenvalue weighted by Crippen LogP contribution is 2.22. The van der Waals surface area contributed by atoms with Gasteiger partial charge in [-0.1, -0.05) is 30.3 Å². The van der Waals surface area contributed by atoms with Gasteiger partial charge in [0, 0.05) is 12.1 Å². The Balaban J connectivity index is 2.08. The number of rotatable bonds is 2. The van der Waals surface area contributed by atoms with E-state index in [0.717, 1.165) is 30.6 Å². The van der Waals surface area contributed by atoms with Crippen molar-refractivity contribution in [2.45, 2.75) is 13.0 Å². The van der Waals surface area contributed by atoms with E-state index < -0.39 is 5.82 Å². The van der Waals surface area contributed by atoms with E-state index in [1.54, 1.807) is 18.2 Å². The Kier molecular flexibility index (Phi) is 3.13. The summed E-state index contributed by atoms with van der Waals surface area (Å²) in [5.41, 5.74) is 2.96. The zero-order valence-electron chi connectivity index (χ0n) is 10.4. The molecule has 96 valence electrons. The van der Waals surface area contributed by atoms with Gasteiger partial charge in [-0.25, -0.2) is 4.39 Å². The second-order valence-electron chi connectivity index (χ2n) is 4.68. The summed E-state index contributed by atoms with van der Waals surface area (Å²) in [5, 5.41) is 3.27. The van der Waals surface area contributed by atoms with Crippen molar-refractivity contribution in [3.05, 3.63) is 70.5 Å². The van der Waals surface area contributed by atoms with E-state index in [0.29, 0.717) is 5.56 Å². The molecule has 0 aromatic heterocycles. The van der Waals surface area contributed by atoms with Gasteiger partial charge in [0.25, 0.3) is 0 Å². The summed E-state index contributed by atoms with van der Waals surface area (Å²) in [6, 6.07) is 11.8. The SMILES string of the molecule is O=C(c1ccccc1F)c1cccc2c1CCNC2. The van der Waals surface area contributed by atoms with E-state index in [9.17, 15) is 9.18 Å². The Morgan fingerprint density at radius 1 is 1.05 bits per heavy atom. The number of halogens is 1. The lowest BCUT2D eigenvalue weighted by atomic mass is 9.91. The Hall–Kier alpha value is -2.00. The van der Waals surface area contributed by atoms with Crippen LogP contribution in [-0.4, -0.2) is 12.3 Å². The molecule has 0 spiro atoms. The highest BCUT2D eigenvalue weighted by atomic mass is 19.1. The van der Waals surface area contributed by atoms with Gasteiger partial charge in [0.15, 0.2) is 5.78 Å². The summed E-state index contributed by atoms with van der Waals surface area (Å²) < 4.78 is 13.7. The summed E-state index contributed by atoms with van der Waals surface area (Å²) in [6.07, 6.45) is 0.811. The van der Waals surface area contributed by atoms with Gasteiger partial charge in [-0.2, -0.15) is 0 Å². The molecule has 0 amide bonds. The fourth-order valence-corrected chi connectivity index (χ4v) is 2.54. The monoisotopic (exact) mass is 255 g/mol. The second kappa shape index (κ2) is 4.94. The Morgan fingerprint density at radius 2 is 1.84 bits per heavy atom. The van der Waals surface area contributed by atoms with E-state index >= 15 is 0 Å². The molecule has 0 aliphatic carbocycles. The van der Waals surface area contributed by atoms with Crippen LogP contribution in [0, 0.1) is 5.82 Å². The molecule has 0 atom stereocenters. The molecule has 0 saturated carbocycles. The normalized spacial score (nSPS) is 13.9. The van der Waals surface area contributed by atoms with Crippen molar-refractivity contribution in [1.82, 2.24) is 5.32 Å². The number of hydrogen-bond donors (Lipinski definition) is 1. The highest BCUT2D eigenvalue weighted by molar-refractivity contribution is 6.10. The molecule has 3 heteroatoms. The largest absolute Gasteiger partial charge is 0.312 e. The fraction of sp³-hybridized carbons (Fsp3) is 0.188. The fourth-order valence-electron chi connectivity index (χ4n) is 2.54. The van der Waals surface area contributed by atoms with Crippen LogP contribution in [0.3, 0.4) is 0 Å². The minimum Gasteiger partial charge on any atom is -0.312 e. The van der Waals surface area contributed by atoms with Crippen LogP contribution in [0.25, 0.3) is 0 Å². The number of fused-ring (bicyclic) bond motifs is 1. The topological polar surface area (TPSA) is 29.1 Å². The first kappa shape index (κ1) is 12.1. The number of ketones is 1. The lowest BCUT2D eigenvalue weighted by Gasteiger charge is -2.19. The Bertz CT molecular complexity index is 636. The molecule has 1 heterocycles. The first-order chi connectivity index (χ1) is 9.27. The third kappa shape index (κ3) is 2.17. The van der Waals surface area contributed by atoms with Crippen LogP contribution in [0.2, 0.25) is 0 Å². The molecule has 0 fully saturated rings. The summed E-state index contributed by atoms with van der Waals surface area (Å²) in [7, 11) is 0. The summed E-state index contributed by atoms with van der Waals surface area (Å²) in [6.45, 7) is 1.63. The van der Waals surface area contributed by atoms with E-state index in [1.807, 2.05) is 12.1 Å². The van der Waals surface area contributed by atoms with Crippen molar-refractivity contribution in [1.29, 1.82) is 0 Å². The van der Waals surface area contributed by atoms with Gasteiger partial charge in [0.2, 0.25) is 0 Å². The van der Waals surface area contributed by atoms with Crippen molar-refractivity contribution >= 4 is 5.78 Å². The van der Waals surface area contributed by atoms with Crippen molar-refractivity contribution in [2.75, 3.05) is 6.54 Å². The van der Waals surface area contributed by atoms with Gasteiger partial charge in [0.1, 0.15) is 5.82 Å². The molecule has 2 nitrogen and oxygen atoms in total. The average Bonchev–Trinajstić information content (AvgIpc) is 2.46. The first-order valence-corrected chi connectivity index (χ1v) is 6.38. The molecule has 0 bridgehead atoms.